The van der Waals surface area contributed by atoms with Crippen molar-refractivity contribution in [2.24, 2.45) is 0 Å². The minimum Gasteiger partial charge on any atom is -0.462 e. The van der Waals surface area contributed by atoms with Gasteiger partial charge < -0.3 is 35.4 Å². The lowest BCUT2D eigenvalue weighted by Crippen LogP contribution is -2.60. The summed E-state index contributed by atoms with van der Waals surface area (Å²) in [6, 6.07) is 12.7. The Morgan fingerprint density at radius 2 is 1.46 bits per heavy atom. The molecule has 152 valence electrons. The number of hydrogen-bond acceptors (Lipinski definition) is 7. The van der Waals surface area contributed by atoms with E-state index in [1.807, 2.05) is 0 Å². The Labute approximate surface area is 165 Å². The Balaban J connectivity index is 0.00000280. The van der Waals surface area contributed by atoms with E-state index >= 15 is 0 Å². The van der Waals surface area contributed by atoms with Gasteiger partial charge in [-0.3, -0.25) is 4.79 Å². The molecule has 1 aliphatic heterocycles. The number of ether oxygens (including phenoxy) is 2. The molecule has 28 heavy (non-hydrogen) atoms. The van der Waals surface area contributed by atoms with Crippen LogP contribution in [0, 0.1) is 0 Å². The van der Waals surface area contributed by atoms with Gasteiger partial charge in [0.1, 0.15) is 30.2 Å². The van der Waals surface area contributed by atoms with Crippen LogP contribution in [0.2, 0.25) is 5.02 Å². The first kappa shape index (κ1) is 22.3. The van der Waals surface area contributed by atoms with E-state index in [1.54, 1.807) is 36.4 Å². The van der Waals surface area contributed by atoms with Crippen molar-refractivity contribution < 1.29 is 40.2 Å². The van der Waals surface area contributed by atoms with Crippen molar-refractivity contribution in [2.45, 2.75) is 30.7 Å². The predicted molar refractivity (Wildman–Crippen MR) is 99.3 cm³/mol. The fraction of sp³-hybridized carbons (Fsp3) is 0.316. The van der Waals surface area contributed by atoms with Crippen LogP contribution >= 0.6 is 11.6 Å². The van der Waals surface area contributed by atoms with E-state index in [0.717, 1.165) is 0 Å². The average molecular weight is 413 g/mol. The number of aliphatic hydroxyl groups excluding tert-OH is 4. The zero-order chi connectivity index (χ0) is 19.6. The Morgan fingerprint density at radius 1 is 0.929 bits per heavy atom. The highest BCUT2D eigenvalue weighted by molar-refractivity contribution is 6.30. The van der Waals surface area contributed by atoms with Gasteiger partial charge in [0.15, 0.2) is 5.78 Å². The second-order valence-corrected chi connectivity index (χ2v) is 6.61. The fourth-order valence-electron chi connectivity index (χ4n) is 2.75. The second kappa shape index (κ2) is 9.44. The zero-order valence-electron chi connectivity index (χ0n) is 14.6. The van der Waals surface area contributed by atoms with Gasteiger partial charge in [0.05, 0.1) is 6.61 Å². The van der Waals surface area contributed by atoms with Crippen molar-refractivity contribution in [3.05, 3.63) is 64.7 Å². The van der Waals surface area contributed by atoms with Gasteiger partial charge in [0, 0.05) is 16.1 Å². The summed E-state index contributed by atoms with van der Waals surface area (Å²) < 4.78 is 10.8. The Hall–Kier alpha value is -2.04. The van der Waals surface area contributed by atoms with Crippen molar-refractivity contribution in [2.75, 3.05) is 6.61 Å². The van der Waals surface area contributed by atoms with Gasteiger partial charge in [0.25, 0.3) is 0 Å². The van der Waals surface area contributed by atoms with Crippen molar-refractivity contribution in [3.8, 4) is 5.75 Å². The maximum Gasteiger partial charge on any atom is 0.229 e. The van der Waals surface area contributed by atoms with Crippen LogP contribution in [-0.2, 0) is 4.74 Å². The topological polar surface area (TPSA) is 148 Å². The standard InChI is InChI=1S/C19H19ClO7.H2O/c20-12-5-1-10(2-6-12)15(22)11-3-7-13(8-4-11)26-19-18(25)17(24)16(23)14(9-21)27-19;/h1-8,14,16-19,21,23-25H,9H2;1H2/t14-,16-,17+,18-,19-;/m1./s1. The quantitative estimate of drug-likeness (QED) is 0.502. The van der Waals surface area contributed by atoms with Crippen LogP contribution in [0.5, 0.6) is 5.75 Å². The molecular weight excluding hydrogens is 392 g/mol. The molecule has 0 amide bonds. The van der Waals surface area contributed by atoms with Crippen LogP contribution in [0.15, 0.2) is 48.5 Å². The lowest BCUT2D eigenvalue weighted by atomic mass is 9.99. The summed E-state index contributed by atoms with van der Waals surface area (Å²) in [6.45, 7) is -0.542. The van der Waals surface area contributed by atoms with Crippen molar-refractivity contribution in [3.63, 3.8) is 0 Å². The number of carbonyl (C=O) groups excluding carboxylic acids is 1. The van der Waals surface area contributed by atoms with Gasteiger partial charge in [-0.1, -0.05) is 11.6 Å². The van der Waals surface area contributed by atoms with Crippen LogP contribution in [0.4, 0.5) is 0 Å². The molecule has 5 atom stereocenters. The zero-order valence-corrected chi connectivity index (χ0v) is 15.4. The maximum absolute atomic E-state index is 12.4. The minimum absolute atomic E-state index is 0. The highest BCUT2D eigenvalue weighted by Crippen LogP contribution is 2.25. The van der Waals surface area contributed by atoms with Gasteiger partial charge in [-0.05, 0) is 48.5 Å². The average Bonchev–Trinajstić information content (AvgIpc) is 2.69. The van der Waals surface area contributed by atoms with E-state index in [2.05, 4.69) is 0 Å². The normalized spacial score (nSPS) is 27.0. The van der Waals surface area contributed by atoms with Crippen molar-refractivity contribution in [1.29, 1.82) is 0 Å². The van der Waals surface area contributed by atoms with Gasteiger partial charge in [-0.25, -0.2) is 0 Å². The molecule has 2 aromatic carbocycles. The van der Waals surface area contributed by atoms with E-state index in [1.165, 1.54) is 12.1 Å². The Bertz CT molecular complexity index is 778. The molecule has 6 N–H and O–H groups in total. The van der Waals surface area contributed by atoms with Gasteiger partial charge in [0.2, 0.25) is 6.29 Å². The molecule has 1 heterocycles. The van der Waals surface area contributed by atoms with E-state index in [0.29, 0.717) is 16.1 Å². The summed E-state index contributed by atoms with van der Waals surface area (Å²) in [5.74, 6) is 0.0954. The van der Waals surface area contributed by atoms with Crippen LogP contribution < -0.4 is 4.74 Å². The van der Waals surface area contributed by atoms with Crippen LogP contribution in [0.25, 0.3) is 0 Å². The van der Waals surface area contributed by atoms with Crippen molar-refractivity contribution in [1.82, 2.24) is 0 Å². The molecule has 1 fully saturated rings. The highest BCUT2D eigenvalue weighted by Gasteiger charge is 2.44. The lowest BCUT2D eigenvalue weighted by Gasteiger charge is -2.39. The minimum atomic E-state index is -1.52. The molecule has 0 saturated carbocycles. The number of hydrogen-bond donors (Lipinski definition) is 4. The van der Waals surface area contributed by atoms with Crippen LogP contribution in [0.3, 0.4) is 0 Å². The van der Waals surface area contributed by atoms with E-state index < -0.39 is 37.3 Å². The molecule has 0 aromatic heterocycles. The molecule has 3 rings (SSSR count). The number of ketones is 1. The third-order valence-corrected chi connectivity index (χ3v) is 4.58. The number of aliphatic hydroxyl groups is 4. The number of halogens is 1. The van der Waals surface area contributed by atoms with Gasteiger partial charge in [-0.2, -0.15) is 0 Å². The molecule has 8 nitrogen and oxygen atoms in total. The van der Waals surface area contributed by atoms with Gasteiger partial charge in [-0.15, -0.1) is 0 Å². The molecule has 0 aliphatic carbocycles. The fourth-order valence-corrected chi connectivity index (χ4v) is 2.88. The number of rotatable bonds is 5. The summed E-state index contributed by atoms with van der Waals surface area (Å²) in [4.78, 5) is 12.4. The summed E-state index contributed by atoms with van der Waals surface area (Å²) >= 11 is 5.82. The largest absolute Gasteiger partial charge is 0.462 e. The molecule has 1 aliphatic rings. The molecule has 0 spiro atoms. The first-order chi connectivity index (χ1) is 12.9. The highest BCUT2D eigenvalue weighted by atomic mass is 35.5. The van der Waals surface area contributed by atoms with Crippen molar-refractivity contribution >= 4 is 17.4 Å². The second-order valence-electron chi connectivity index (χ2n) is 6.18. The Morgan fingerprint density at radius 3 is 2.00 bits per heavy atom. The molecule has 0 bridgehead atoms. The molecule has 0 unspecified atom stereocenters. The smallest absolute Gasteiger partial charge is 0.229 e. The number of carbonyl (C=O) groups is 1. The SMILES string of the molecule is O.O=C(c1ccc(Cl)cc1)c1ccc(O[C@@H]2O[C@H](CO)[C@@H](O)[C@H](O)[C@H]2O)cc1. The molecule has 2 aromatic rings. The lowest BCUT2D eigenvalue weighted by molar-refractivity contribution is -0.277. The molecule has 0 radical (unpaired) electrons. The van der Waals surface area contributed by atoms with E-state index in [-0.39, 0.29) is 17.0 Å². The third-order valence-electron chi connectivity index (χ3n) is 4.32. The molecule has 9 heteroatoms. The molecular formula is C19H21ClO8. The first-order valence-electron chi connectivity index (χ1n) is 8.28. The van der Waals surface area contributed by atoms with E-state index in [9.17, 15) is 25.2 Å². The predicted octanol–water partition coefficient (Wildman–Crippen LogP) is -0.0750. The van der Waals surface area contributed by atoms with Crippen LogP contribution in [0.1, 0.15) is 15.9 Å². The van der Waals surface area contributed by atoms with E-state index in [4.69, 9.17) is 21.1 Å². The molecule has 1 saturated heterocycles. The summed E-state index contributed by atoms with van der Waals surface area (Å²) in [7, 11) is 0. The maximum atomic E-state index is 12.4. The van der Waals surface area contributed by atoms with Crippen LogP contribution in [-0.4, -0.2) is 69.0 Å². The third kappa shape index (κ3) is 4.68. The van der Waals surface area contributed by atoms with Gasteiger partial charge >= 0.3 is 0 Å². The summed E-state index contributed by atoms with van der Waals surface area (Å²) in [6.07, 6.45) is -6.81. The summed E-state index contributed by atoms with van der Waals surface area (Å²) in [5, 5.41) is 39.3. The number of benzene rings is 2. The Kier molecular flexibility index (Phi) is 7.50. The monoisotopic (exact) mass is 412 g/mol. The first-order valence-corrected chi connectivity index (χ1v) is 8.66. The summed E-state index contributed by atoms with van der Waals surface area (Å²) in [5.41, 5.74) is 0.917.